The van der Waals surface area contributed by atoms with Crippen molar-refractivity contribution in [2.24, 2.45) is 0 Å². The molecule has 1 amide bonds. The maximum atomic E-state index is 13.0. The molecule has 0 saturated carbocycles. The lowest BCUT2D eigenvalue weighted by atomic mass is 10.1. The van der Waals surface area contributed by atoms with E-state index in [1.54, 1.807) is 24.3 Å². The molecule has 0 bridgehead atoms. The first kappa shape index (κ1) is 17.9. The van der Waals surface area contributed by atoms with Crippen molar-refractivity contribution in [1.82, 2.24) is 0 Å². The summed E-state index contributed by atoms with van der Waals surface area (Å²) >= 11 is 5.66. The van der Waals surface area contributed by atoms with Crippen molar-refractivity contribution in [3.63, 3.8) is 0 Å². The lowest BCUT2D eigenvalue weighted by molar-refractivity contribution is -0.116. The molecule has 6 heteroatoms. The van der Waals surface area contributed by atoms with Gasteiger partial charge in [0.1, 0.15) is 11.6 Å². The first-order chi connectivity index (χ1) is 11.5. The molecule has 0 aliphatic carbocycles. The second-order valence-corrected chi connectivity index (χ2v) is 5.62. The zero-order chi connectivity index (χ0) is 17.5. The molecule has 0 aliphatic heterocycles. The molecule has 0 fully saturated rings. The molecule has 2 aromatic rings. The predicted octanol–water partition coefficient (Wildman–Crippen LogP) is 4.48. The average molecular weight is 350 g/mol. The van der Waals surface area contributed by atoms with E-state index in [4.69, 9.17) is 16.3 Å². The van der Waals surface area contributed by atoms with Crippen LogP contribution in [0.4, 0.5) is 10.1 Å². The summed E-state index contributed by atoms with van der Waals surface area (Å²) in [6.07, 6.45) is 0.787. The molecule has 0 heterocycles. The summed E-state index contributed by atoms with van der Waals surface area (Å²) < 4.78 is 18.5. The van der Waals surface area contributed by atoms with Crippen LogP contribution in [0.2, 0.25) is 5.02 Å². The standard InChI is InChI=1S/C18H17ClFNO3/c1-12(22)13-4-7-15(8-5-13)24-10-2-3-18(23)21-14-6-9-17(20)16(19)11-14/h4-9,11H,2-3,10H2,1H3,(H,21,23). The molecule has 0 atom stereocenters. The third-order valence-electron chi connectivity index (χ3n) is 3.28. The summed E-state index contributed by atoms with van der Waals surface area (Å²) in [6, 6.07) is 10.8. The Morgan fingerprint density at radius 2 is 1.88 bits per heavy atom. The number of halogens is 2. The molecule has 0 radical (unpaired) electrons. The zero-order valence-corrected chi connectivity index (χ0v) is 13.9. The SMILES string of the molecule is CC(=O)c1ccc(OCCCC(=O)Nc2ccc(F)c(Cl)c2)cc1. The van der Waals surface area contributed by atoms with Gasteiger partial charge >= 0.3 is 0 Å². The number of nitrogens with one attached hydrogen (secondary N) is 1. The Kier molecular flexibility index (Phi) is 6.32. The van der Waals surface area contributed by atoms with E-state index in [-0.39, 0.29) is 23.1 Å². The summed E-state index contributed by atoms with van der Waals surface area (Å²) in [5.74, 6) is -0.0862. The lowest BCUT2D eigenvalue weighted by Crippen LogP contribution is -2.12. The van der Waals surface area contributed by atoms with Crippen LogP contribution in [0.15, 0.2) is 42.5 Å². The maximum absolute atomic E-state index is 13.0. The Bertz CT molecular complexity index is 732. The summed E-state index contributed by atoms with van der Waals surface area (Å²) in [7, 11) is 0. The number of carbonyl (C=O) groups excluding carboxylic acids is 2. The van der Waals surface area contributed by atoms with Crippen LogP contribution in [0.25, 0.3) is 0 Å². The van der Waals surface area contributed by atoms with Gasteiger partial charge in [0.25, 0.3) is 0 Å². The Labute approximate surface area is 144 Å². The normalized spacial score (nSPS) is 10.3. The highest BCUT2D eigenvalue weighted by Gasteiger charge is 2.06. The average Bonchev–Trinajstić information content (AvgIpc) is 2.55. The molecular formula is C18H17ClFNO3. The smallest absolute Gasteiger partial charge is 0.224 e. The largest absolute Gasteiger partial charge is 0.494 e. The van der Waals surface area contributed by atoms with Crippen LogP contribution in [0.3, 0.4) is 0 Å². The van der Waals surface area contributed by atoms with Crippen molar-refractivity contribution in [1.29, 1.82) is 0 Å². The molecular weight excluding hydrogens is 333 g/mol. The molecule has 0 aliphatic rings. The van der Waals surface area contributed by atoms with E-state index >= 15 is 0 Å². The van der Waals surface area contributed by atoms with Gasteiger partial charge in [0.15, 0.2) is 5.78 Å². The van der Waals surface area contributed by atoms with Gasteiger partial charge in [-0.2, -0.15) is 0 Å². The molecule has 0 unspecified atom stereocenters. The Balaban J connectivity index is 1.72. The van der Waals surface area contributed by atoms with Gasteiger partial charge < -0.3 is 10.1 Å². The summed E-state index contributed by atoms with van der Waals surface area (Å²) in [4.78, 5) is 23.0. The van der Waals surface area contributed by atoms with E-state index in [2.05, 4.69) is 5.32 Å². The molecule has 0 saturated heterocycles. The Hall–Kier alpha value is -2.40. The van der Waals surface area contributed by atoms with Crippen molar-refractivity contribution in [2.45, 2.75) is 19.8 Å². The number of ether oxygens (including phenoxy) is 1. The number of Topliss-reactive ketones (excluding diaryl/α,β-unsaturated/α-hetero) is 1. The van der Waals surface area contributed by atoms with Crippen LogP contribution in [0, 0.1) is 5.82 Å². The fourth-order valence-electron chi connectivity index (χ4n) is 2.01. The van der Waals surface area contributed by atoms with Gasteiger partial charge in [-0.1, -0.05) is 11.6 Å². The van der Waals surface area contributed by atoms with Gasteiger partial charge in [0.2, 0.25) is 5.91 Å². The van der Waals surface area contributed by atoms with Gasteiger partial charge in [-0.25, -0.2) is 4.39 Å². The van der Waals surface area contributed by atoms with Crippen LogP contribution in [0.1, 0.15) is 30.1 Å². The summed E-state index contributed by atoms with van der Waals surface area (Å²) in [5, 5.41) is 2.61. The zero-order valence-electron chi connectivity index (χ0n) is 13.1. The second kappa shape index (κ2) is 8.45. The third kappa shape index (κ3) is 5.35. The van der Waals surface area contributed by atoms with Crippen molar-refractivity contribution in [2.75, 3.05) is 11.9 Å². The number of anilines is 1. The number of ketones is 1. The maximum Gasteiger partial charge on any atom is 0.224 e. The minimum absolute atomic E-state index is 0.000817. The van der Waals surface area contributed by atoms with Crippen molar-refractivity contribution >= 4 is 29.0 Å². The van der Waals surface area contributed by atoms with Crippen LogP contribution < -0.4 is 10.1 Å². The van der Waals surface area contributed by atoms with Crippen molar-refractivity contribution in [3.05, 3.63) is 58.9 Å². The van der Waals surface area contributed by atoms with E-state index in [9.17, 15) is 14.0 Å². The lowest BCUT2D eigenvalue weighted by Gasteiger charge is -2.08. The van der Waals surface area contributed by atoms with Crippen LogP contribution in [-0.4, -0.2) is 18.3 Å². The van der Waals surface area contributed by atoms with E-state index in [1.165, 1.54) is 25.1 Å². The fraction of sp³-hybridized carbons (Fsp3) is 0.222. The molecule has 4 nitrogen and oxygen atoms in total. The molecule has 126 valence electrons. The highest BCUT2D eigenvalue weighted by atomic mass is 35.5. The highest BCUT2D eigenvalue weighted by Crippen LogP contribution is 2.19. The monoisotopic (exact) mass is 349 g/mol. The number of rotatable bonds is 7. The van der Waals surface area contributed by atoms with Gasteiger partial charge in [0.05, 0.1) is 11.6 Å². The molecule has 24 heavy (non-hydrogen) atoms. The topological polar surface area (TPSA) is 55.4 Å². The molecule has 1 N–H and O–H groups in total. The fourth-order valence-corrected chi connectivity index (χ4v) is 2.19. The van der Waals surface area contributed by atoms with Crippen molar-refractivity contribution < 1.29 is 18.7 Å². The predicted molar refractivity (Wildman–Crippen MR) is 91.2 cm³/mol. The number of hydrogen-bond acceptors (Lipinski definition) is 3. The Morgan fingerprint density at radius 1 is 1.17 bits per heavy atom. The van der Waals surface area contributed by atoms with Crippen molar-refractivity contribution in [3.8, 4) is 5.75 Å². The molecule has 2 rings (SSSR count). The first-order valence-corrected chi connectivity index (χ1v) is 7.82. The minimum Gasteiger partial charge on any atom is -0.494 e. The molecule has 0 spiro atoms. The number of hydrogen-bond donors (Lipinski definition) is 1. The van der Waals surface area contributed by atoms with Gasteiger partial charge in [0, 0.05) is 17.7 Å². The third-order valence-corrected chi connectivity index (χ3v) is 3.57. The van der Waals surface area contributed by atoms with E-state index in [0.717, 1.165) is 0 Å². The van der Waals surface area contributed by atoms with Gasteiger partial charge in [-0.15, -0.1) is 0 Å². The first-order valence-electron chi connectivity index (χ1n) is 7.44. The molecule has 0 aromatic heterocycles. The number of benzene rings is 2. The van der Waals surface area contributed by atoms with Crippen LogP contribution in [0.5, 0.6) is 5.75 Å². The number of carbonyl (C=O) groups is 2. The quantitative estimate of drug-likeness (QED) is 0.592. The summed E-state index contributed by atoms with van der Waals surface area (Å²) in [6.45, 7) is 1.87. The highest BCUT2D eigenvalue weighted by molar-refractivity contribution is 6.31. The van der Waals surface area contributed by atoms with E-state index < -0.39 is 5.82 Å². The summed E-state index contributed by atoms with van der Waals surface area (Å²) in [5.41, 5.74) is 1.08. The minimum atomic E-state index is -0.529. The van der Waals surface area contributed by atoms with Crippen LogP contribution >= 0.6 is 11.6 Å². The van der Waals surface area contributed by atoms with Crippen LogP contribution in [-0.2, 0) is 4.79 Å². The van der Waals surface area contributed by atoms with Gasteiger partial charge in [-0.3, -0.25) is 9.59 Å². The molecule has 2 aromatic carbocycles. The second-order valence-electron chi connectivity index (χ2n) is 5.21. The number of amides is 1. The van der Waals surface area contributed by atoms with E-state index in [0.29, 0.717) is 30.0 Å². The Morgan fingerprint density at radius 3 is 2.50 bits per heavy atom. The van der Waals surface area contributed by atoms with Gasteiger partial charge in [-0.05, 0) is 55.8 Å². The van der Waals surface area contributed by atoms with E-state index in [1.807, 2.05) is 0 Å².